The lowest BCUT2D eigenvalue weighted by Gasteiger charge is -2.01. The van der Waals surface area contributed by atoms with Crippen molar-refractivity contribution in [3.05, 3.63) is 64.7 Å². The first kappa shape index (κ1) is 13.6. The van der Waals surface area contributed by atoms with Gasteiger partial charge in [-0.05, 0) is 29.8 Å². The Morgan fingerprint density at radius 2 is 1.90 bits per heavy atom. The van der Waals surface area contributed by atoms with Gasteiger partial charge >= 0.3 is 0 Å². The van der Waals surface area contributed by atoms with E-state index in [0.29, 0.717) is 34.4 Å². The summed E-state index contributed by atoms with van der Waals surface area (Å²) in [4.78, 5) is 4.29. The van der Waals surface area contributed by atoms with Crippen molar-refractivity contribution in [2.75, 3.05) is 5.73 Å². The highest BCUT2D eigenvalue weighted by Crippen LogP contribution is 2.30. The number of hydrogen-bond acceptors (Lipinski definition) is 4. The summed E-state index contributed by atoms with van der Waals surface area (Å²) < 4.78 is 18.1. The van der Waals surface area contributed by atoms with Crippen molar-refractivity contribution in [1.29, 1.82) is 0 Å². The first-order valence-electron chi connectivity index (χ1n) is 6.25. The summed E-state index contributed by atoms with van der Waals surface area (Å²) in [5.41, 5.74) is 7.78. The van der Waals surface area contributed by atoms with Crippen molar-refractivity contribution >= 4 is 17.3 Å². The highest BCUT2D eigenvalue weighted by molar-refractivity contribution is 6.33. The summed E-state index contributed by atoms with van der Waals surface area (Å²) >= 11 is 5.96. The molecule has 0 aliphatic heterocycles. The summed E-state index contributed by atoms with van der Waals surface area (Å²) in [5, 5.41) is 4.34. The fourth-order valence-corrected chi connectivity index (χ4v) is 2.12. The Hall–Kier alpha value is -2.40. The molecule has 106 valence electrons. The molecule has 3 aromatic rings. The highest BCUT2D eigenvalue weighted by atomic mass is 35.5. The zero-order valence-corrected chi connectivity index (χ0v) is 11.6. The van der Waals surface area contributed by atoms with Crippen LogP contribution in [0.3, 0.4) is 0 Å². The van der Waals surface area contributed by atoms with Gasteiger partial charge in [0.1, 0.15) is 5.82 Å². The third kappa shape index (κ3) is 2.87. The molecule has 0 unspecified atom stereocenters. The van der Waals surface area contributed by atoms with Gasteiger partial charge in [0.05, 0.1) is 16.3 Å². The molecule has 0 bridgehead atoms. The zero-order chi connectivity index (χ0) is 14.8. The van der Waals surface area contributed by atoms with Crippen LogP contribution in [0.15, 0.2) is 47.0 Å². The normalized spacial score (nSPS) is 10.8. The first-order chi connectivity index (χ1) is 10.1. The molecule has 0 saturated carbocycles. The van der Waals surface area contributed by atoms with Crippen LogP contribution in [0.1, 0.15) is 11.4 Å². The summed E-state index contributed by atoms with van der Waals surface area (Å²) in [7, 11) is 0. The Labute approximate surface area is 125 Å². The molecular weight excluding hydrogens is 293 g/mol. The van der Waals surface area contributed by atoms with Crippen LogP contribution >= 0.6 is 11.6 Å². The second kappa shape index (κ2) is 5.54. The van der Waals surface area contributed by atoms with E-state index in [0.717, 1.165) is 5.56 Å². The van der Waals surface area contributed by atoms with Gasteiger partial charge < -0.3 is 10.3 Å². The molecule has 6 heteroatoms. The fourth-order valence-electron chi connectivity index (χ4n) is 1.94. The van der Waals surface area contributed by atoms with Gasteiger partial charge in [-0.25, -0.2) is 4.39 Å². The predicted octanol–water partition coefficient (Wildman–Crippen LogP) is 3.70. The summed E-state index contributed by atoms with van der Waals surface area (Å²) in [6, 6.07) is 11.4. The standard InChI is InChI=1S/C15H11ClFN3O/c16-12-3-1-2-11(14(12)18)15-19-13(20-21-15)8-9-4-6-10(17)7-5-9/h1-7H,8,18H2. The van der Waals surface area contributed by atoms with Crippen LogP contribution in [0.2, 0.25) is 5.02 Å². The van der Waals surface area contributed by atoms with Crippen molar-refractivity contribution in [3.63, 3.8) is 0 Å². The van der Waals surface area contributed by atoms with Gasteiger partial charge in [-0.1, -0.05) is 35.0 Å². The molecule has 1 heterocycles. The molecule has 3 rings (SSSR count). The molecule has 0 aliphatic carbocycles. The summed E-state index contributed by atoms with van der Waals surface area (Å²) in [6.07, 6.45) is 0.449. The van der Waals surface area contributed by atoms with Gasteiger partial charge in [0.2, 0.25) is 0 Å². The average Bonchev–Trinajstić information content (AvgIpc) is 2.93. The number of nitrogens with two attached hydrogens (primary N) is 1. The van der Waals surface area contributed by atoms with Gasteiger partial charge in [0.25, 0.3) is 5.89 Å². The van der Waals surface area contributed by atoms with Crippen molar-refractivity contribution in [2.24, 2.45) is 0 Å². The summed E-state index contributed by atoms with van der Waals surface area (Å²) in [5.74, 6) is 0.530. The lowest BCUT2D eigenvalue weighted by Crippen LogP contribution is -1.93. The van der Waals surface area contributed by atoms with Gasteiger partial charge in [-0.2, -0.15) is 4.98 Å². The molecule has 0 atom stereocenters. The molecule has 0 amide bonds. The number of anilines is 1. The van der Waals surface area contributed by atoms with Gasteiger partial charge in [0.15, 0.2) is 5.82 Å². The first-order valence-corrected chi connectivity index (χ1v) is 6.62. The van der Waals surface area contributed by atoms with E-state index in [9.17, 15) is 4.39 Å². The zero-order valence-electron chi connectivity index (χ0n) is 10.9. The fraction of sp³-hybridized carbons (Fsp3) is 0.0667. The minimum atomic E-state index is -0.278. The van der Waals surface area contributed by atoms with E-state index >= 15 is 0 Å². The van der Waals surface area contributed by atoms with E-state index in [4.69, 9.17) is 21.9 Å². The van der Waals surface area contributed by atoms with E-state index < -0.39 is 0 Å². The lowest BCUT2D eigenvalue weighted by atomic mass is 10.1. The van der Waals surface area contributed by atoms with Crippen LogP contribution in [-0.4, -0.2) is 10.1 Å². The van der Waals surface area contributed by atoms with E-state index in [1.165, 1.54) is 12.1 Å². The Balaban J connectivity index is 1.86. The summed E-state index contributed by atoms with van der Waals surface area (Å²) in [6.45, 7) is 0. The molecule has 0 fully saturated rings. The van der Waals surface area contributed by atoms with Crippen LogP contribution in [0.25, 0.3) is 11.5 Å². The van der Waals surface area contributed by atoms with Gasteiger partial charge in [-0.15, -0.1) is 0 Å². The Kier molecular flexibility index (Phi) is 3.58. The lowest BCUT2D eigenvalue weighted by molar-refractivity contribution is 0.424. The monoisotopic (exact) mass is 303 g/mol. The van der Waals surface area contributed by atoms with Crippen LogP contribution in [0.4, 0.5) is 10.1 Å². The Morgan fingerprint density at radius 3 is 2.67 bits per heavy atom. The largest absolute Gasteiger partial charge is 0.397 e. The molecule has 21 heavy (non-hydrogen) atoms. The van der Waals surface area contributed by atoms with Crippen LogP contribution in [-0.2, 0) is 6.42 Å². The Morgan fingerprint density at radius 1 is 1.14 bits per heavy atom. The molecule has 0 spiro atoms. The Bertz CT molecular complexity index is 771. The van der Waals surface area contributed by atoms with Crippen LogP contribution in [0.5, 0.6) is 0 Å². The highest BCUT2D eigenvalue weighted by Gasteiger charge is 2.13. The predicted molar refractivity (Wildman–Crippen MR) is 78.4 cm³/mol. The number of halogens is 2. The maximum atomic E-state index is 12.9. The minimum Gasteiger partial charge on any atom is -0.397 e. The number of para-hydroxylation sites is 1. The number of rotatable bonds is 3. The SMILES string of the molecule is Nc1c(Cl)cccc1-c1nc(Cc2ccc(F)cc2)no1. The minimum absolute atomic E-state index is 0.278. The number of benzene rings is 2. The smallest absolute Gasteiger partial charge is 0.260 e. The average molecular weight is 304 g/mol. The van der Waals surface area contributed by atoms with E-state index in [-0.39, 0.29) is 5.82 Å². The third-order valence-corrected chi connectivity index (χ3v) is 3.36. The topological polar surface area (TPSA) is 64.9 Å². The van der Waals surface area contributed by atoms with Crippen molar-refractivity contribution in [2.45, 2.75) is 6.42 Å². The van der Waals surface area contributed by atoms with E-state index in [2.05, 4.69) is 10.1 Å². The number of aromatic nitrogens is 2. The molecule has 0 radical (unpaired) electrons. The second-order valence-electron chi connectivity index (χ2n) is 4.52. The van der Waals surface area contributed by atoms with Crippen molar-refractivity contribution in [1.82, 2.24) is 10.1 Å². The molecule has 2 aromatic carbocycles. The molecule has 0 saturated heterocycles. The third-order valence-electron chi connectivity index (χ3n) is 3.03. The molecule has 4 nitrogen and oxygen atoms in total. The number of hydrogen-bond donors (Lipinski definition) is 1. The van der Waals surface area contributed by atoms with Crippen molar-refractivity contribution < 1.29 is 8.91 Å². The van der Waals surface area contributed by atoms with Crippen LogP contribution < -0.4 is 5.73 Å². The quantitative estimate of drug-likeness (QED) is 0.749. The number of nitrogen functional groups attached to an aromatic ring is 1. The maximum Gasteiger partial charge on any atom is 0.260 e. The molecular formula is C15H11ClFN3O. The second-order valence-corrected chi connectivity index (χ2v) is 4.93. The molecule has 0 aliphatic rings. The molecule has 2 N–H and O–H groups in total. The van der Waals surface area contributed by atoms with E-state index in [1.54, 1.807) is 30.3 Å². The van der Waals surface area contributed by atoms with Gasteiger partial charge in [-0.3, -0.25) is 0 Å². The maximum absolute atomic E-state index is 12.9. The number of nitrogens with zero attached hydrogens (tertiary/aromatic N) is 2. The molecule has 1 aromatic heterocycles. The van der Waals surface area contributed by atoms with Crippen LogP contribution in [0, 0.1) is 5.82 Å². The van der Waals surface area contributed by atoms with Gasteiger partial charge in [0, 0.05) is 6.42 Å². The van der Waals surface area contributed by atoms with E-state index in [1.807, 2.05) is 0 Å². The van der Waals surface area contributed by atoms with Crippen molar-refractivity contribution in [3.8, 4) is 11.5 Å².